The van der Waals surface area contributed by atoms with E-state index in [1.807, 2.05) is 0 Å². The van der Waals surface area contributed by atoms with Crippen molar-refractivity contribution < 1.29 is 13.2 Å². The molecule has 6 heteroatoms. The van der Waals surface area contributed by atoms with Gasteiger partial charge in [0, 0.05) is 6.54 Å². The summed E-state index contributed by atoms with van der Waals surface area (Å²) in [5.41, 5.74) is -0.504. The Morgan fingerprint density at radius 1 is 1.42 bits per heavy atom. The van der Waals surface area contributed by atoms with E-state index < -0.39 is 15.4 Å². The summed E-state index contributed by atoms with van der Waals surface area (Å²) in [6.45, 7) is 0.436. The van der Waals surface area contributed by atoms with Crippen LogP contribution in [0.15, 0.2) is 0 Å². The van der Waals surface area contributed by atoms with E-state index in [1.54, 1.807) is 0 Å². The van der Waals surface area contributed by atoms with Gasteiger partial charge in [-0.1, -0.05) is 0 Å². The van der Waals surface area contributed by atoms with Crippen molar-refractivity contribution in [2.75, 3.05) is 18.1 Å². The third-order valence-corrected chi connectivity index (χ3v) is 4.17. The maximum absolute atomic E-state index is 11.1. The maximum atomic E-state index is 11.1. The summed E-state index contributed by atoms with van der Waals surface area (Å²) >= 11 is 0. The van der Waals surface area contributed by atoms with Crippen molar-refractivity contribution in [2.45, 2.75) is 12.0 Å². The minimum absolute atomic E-state index is 0.0821. The van der Waals surface area contributed by atoms with Crippen LogP contribution in [0.2, 0.25) is 0 Å². The zero-order valence-corrected chi connectivity index (χ0v) is 7.28. The van der Waals surface area contributed by atoms with Crippen LogP contribution < -0.4 is 10.6 Å². The van der Waals surface area contributed by atoms with Crippen LogP contribution in [-0.2, 0) is 9.84 Å². The van der Waals surface area contributed by atoms with Gasteiger partial charge in [-0.25, -0.2) is 13.2 Å². The summed E-state index contributed by atoms with van der Waals surface area (Å²) in [6, 6.07) is -0.257. The fraction of sp³-hybridized carbons (Fsp3) is 0.833. The number of hydrogen-bond donors (Lipinski definition) is 2. The highest BCUT2D eigenvalue weighted by molar-refractivity contribution is 7.91. The van der Waals surface area contributed by atoms with E-state index in [9.17, 15) is 13.2 Å². The lowest BCUT2D eigenvalue weighted by molar-refractivity contribution is 0.245. The highest BCUT2D eigenvalue weighted by Gasteiger charge is 2.46. The molecule has 0 aromatic carbocycles. The number of hydrogen-bond acceptors (Lipinski definition) is 3. The van der Waals surface area contributed by atoms with Crippen LogP contribution in [0.4, 0.5) is 4.79 Å². The molecule has 12 heavy (non-hydrogen) atoms. The van der Waals surface area contributed by atoms with Gasteiger partial charge in [0.2, 0.25) is 0 Å². The van der Waals surface area contributed by atoms with Gasteiger partial charge >= 0.3 is 6.03 Å². The van der Waals surface area contributed by atoms with E-state index in [2.05, 4.69) is 10.6 Å². The number of sulfone groups is 1. The monoisotopic (exact) mass is 190 g/mol. The summed E-state index contributed by atoms with van der Waals surface area (Å²) in [5, 5.41) is 5.23. The lowest BCUT2D eigenvalue weighted by Crippen LogP contribution is -2.44. The fourth-order valence-electron chi connectivity index (χ4n) is 1.73. The topological polar surface area (TPSA) is 75.3 Å². The normalized spacial score (nSPS) is 38.2. The Labute approximate surface area is 70.4 Å². The van der Waals surface area contributed by atoms with E-state index in [1.165, 1.54) is 0 Å². The predicted molar refractivity (Wildman–Crippen MR) is 42.5 cm³/mol. The Bertz CT molecular complexity index is 324. The Morgan fingerprint density at radius 2 is 2.17 bits per heavy atom. The van der Waals surface area contributed by atoms with E-state index in [-0.39, 0.29) is 17.5 Å². The summed E-state index contributed by atoms with van der Waals surface area (Å²) in [4.78, 5) is 10.8. The number of nitrogens with one attached hydrogen (secondary N) is 2. The lowest BCUT2D eigenvalue weighted by Gasteiger charge is -2.18. The van der Waals surface area contributed by atoms with Crippen molar-refractivity contribution in [1.29, 1.82) is 0 Å². The SMILES string of the molecule is O=C1NCC2(CCS(=O)(=O)C2)N1. The second-order valence-electron chi connectivity index (χ2n) is 3.43. The Hall–Kier alpha value is -0.780. The molecule has 0 aliphatic carbocycles. The molecule has 0 saturated carbocycles. The third kappa shape index (κ3) is 1.16. The second kappa shape index (κ2) is 2.12. The summed E-state index contributed by atoms with van der Waals surface area (Å²) < 4.78 is 22.2. The molecular formula is C6H10N2O3S. The van der Waals surface area contributed by atoms with Gasteiger partial charge in [-0.3, -0.25) is 0 Å². The zero-order chi connectivity index (χ0) is 8.82. The highest BCUT2D eigenvalue weighted by Crippen LogP contribution is 2.24. The number of amides is 2. The lowest BCUT2D eigenvalue weighted by atomic mass is 10.0. The molecule has 0 bridgehead atoms. The molecular weight excluding hydrogens is 180 g/mol. The Kier molecular flexibility index (Phi) is 1.39. The molecule has 2 amide bonds. The van der Waals surface area contributed by atoms with Crippen LogP contribution >= 0.6 is 0 Å². The molecule has 2 N–H and O–H groups in total. The first-order valence-corrected chi connectivity index (χ1v) is 5.60. The van der Waals surface area contributed by atoms with Gasteiger partial charge in [-0.15, -0.1) is 0 Å². The molecule has 2 aliphatic heterocycles. The van der Waals surface area contributed by atoms with Crippen LogP contribution in [0.1, 0.15) is 6.42 Å². The van der Waals surface area contributed by atoms with Crippen molar-refractivity contribution in [2.24, 2.45) is 0 Å². The van der Waals surface area contributed by atoms with Gasteiger partial charge in [0.05, 0.1) is 17.0 Å². The minimum atomic E-state index is -2.92. The van der Waals surface area contributed by atoms with Crippen molar-refractivity contribution in [1.82, 2.24) is 10.6 Å². The molecule has 0 aromatic heterocycles. The molecule has 2 aliphatic rings. The van der Waals surface area contributed by atoms with Crippen molar-refractivity contribution in [3.05, 3.63) is 0 Å². The first-order valence-electron chi connectivity index (χ1n) is 3.78. The second-order valence-corrected chi connectivity index (χ2v) is 5.61. The van der Waals surface area contributed by atoms with Crippen molar-refractivity contribution >= 4 is 15.9 Å². The van der Waals surface area contributed by atoms with Gasteiger partial charge in [0.15, 0.2) is 9.84 Å². The number of carbonyl (C=O) groups is 1. The van der Waals surface area contributed by atoms with Gasteiger partial charge < -0.3 is 10.6 Å². The Balaban J connectivity index is 2.22. The van der Waals surface area contributed by atoms with E-state index in [0.29, 0.717) is 13.0 Å². The quantitative estimate of drug-likeness (QED) is 0.507. The van der Waals surface area contributed by atoms with Crippen molar-refractivity contribution in [3.8, 4) is 0 Å². The molecule has 5 nitrogen and oxygen atoms in total. The average Bonchev–Trinajstić information content (AvgIpc) is 2.41. The standard InChI is InChI=1S/C6H10N2O3S/c9-5-7-3-6(8-5)1-2-12(10,11)4-6/h1-4H2,(H2,7,8,9). The van der Waals surface area contributed by atoms with E-state index >= 15 is 0 Å². The van der Waals surface area contributed by atoms with Crippen LogP contribution in [-0.4, -0.2) is 38.0 Å². The van der Waals surface area contributed by atoms with Gasteiger partial charge in [-0.2, -0.15) is 0 Å². The van der Waals surface area contributed by atoms with Gasteiger partial charge in [0.25, 0.3) is 0 Å². The number of carbonyl (C=O) groups excluding carboxylic acids is 1. The molecule has 1 atom stereocenters. The van der Waals surface area contributed by atoms with Crippen LogP contribution in [0.3, 0.4) is 0 Å². The zero-order valence-electron chi connectivity index (χ0n) is 6.46. The molecule has 68 valence electrons. The predicted octanol–water partition coefficient (Wildman–Crippen LogP) is -1.14. The average molecular weight is 190 g/mol. The molecule has 2 rings (SSSR count). The van der Waals surface area contributed by atoms with E-state index in [0.717, 1.165) is 0 Å². The fourth-order valence-corrected chi connectivity index (χ4v) is 3.74. The Morgan fingerprint density at radius 3 is 2.58 bits per heavy atom. The smallest absolute Gasteiger partial charge is 0.315 e. The summed E-state index contributed by atoms with van der Waals surface area (Å²) in [6.07, 6.45) is 0.536. The summed E-state index contributed by atoms with van der Waals surface area (Å²) in [5.74, 6) is 0.272. The molecule has 0 radical (unpaired) electrons. The minimum Gasteiger partial charge on any atom is -0.336 e. The first kappa shape index (κ1) is 7.85. The van der Waals surface area contributed by atoms with E-state index in [4.69, 9.17) is 0 Å². The van der Waals surface area contributed by atoms with Gasteiger partial charge in [0.1, 0.15) is 0 Å². The molecule has 2 saturated heterocycles. The van der Waals surface area contributed by atoms with Crippen LogP contribution in [0, 0.1) is 0 Å². The van der Waals surface area contributed by atoms with Gasteiger partial charge in [-0.05, 0) is 6.42 Å². The number of urea groups is 1. The molecule has 1 unspecified atom stereocenters. The molecule has 0 aromatic rings. The van der Waals surface area contributed by atoms with Crippen LogP contribution in [0.25, 0.3) is 0 Å². The van der Waals surface area contributed by atoms with Crippen molar-refractivity contribution in [3.63, 3.8) is 0 Å². The molecule has 2 fully saturated rings. The molecule has 1 spiro atoms. The maximum Gasteiger partial charge on any atom is 0.315 e. The first-order chi connectivity index (χ1) is 5.52. The highest BCUT2D eigenvalue weighted by atomic mass is 32.2. The molecule has 2 heterocycles. The largest absolute Gasteiger partial charge is 0.336 e. The summed E-state index contributed by atoms with van der Waals surface area (Å²) in [7, 11) is -2.92. The third-order valence-electron chi connectivity index (χ3n) is 2.35. The number of rotatable bonds is 0. The van der Waals surface area contributed by atoms with Crippen LogP contribution in [0.5, 0.6) is 0 Å².